The van der Waals surface area contributed by atoms with Crippen molar-refractivity contribution in [1.29, 1.82) is 0 Å². The van der Waals surface area contributed by atoms with E-state index in [1.54, 1.807) is 7.11 Å². The third-order valence-electron chi connectivity index (χ3n) is 3.52. The average molecular weight is 318 g/mol. The Kier molecular flexibility index (Phi) is 5.84. The SMILES string of the molecule is CCC(NC(=O)Cc1ccc(OC)cc1)c1cccc(Cl)c1. The summed E-state index contributed by atoms with van der Waals surface area (Å²) < 4.78 is 5.11. The van der Waals surface area contributed by atoms with Gasteiger partial charge in [0.15, 0.2) is 0 Å². The van der Waals surface area contributed by atoms with Crippen LogP contribution < -0.4 is 10.1 Å². The molecule has 22 heavy (non-hydrogen) atoms. The first-order valence-electron chi connectivity index (χ1n) is 7.30. The molecule has 0 aliphatic heterocycles. The first kappa shape index (κ1) is 16.4. The highest BCUT2D eigenvalue weighted by atomic mass is 35.5. The maximum atomic E-state index is 12.2. The Labute approximate surface area is 136 Å². The van der Waals surface area contributed by atoms with Crippen molar-refractivity contribution in [2.75, 3.05) is 7.11 Å². The van der Waals surface area contributed by atoms with Gasteiger partial charge in [0.05, 0.1) is 19.6 Å². The Bertz CT molecular complexity index is 625. The smallest absolute Gasteiger partial charge is 0.224 e. The van der Waals surface area contributed by atoms with Crippen LogP contribution in [0.2, 0.25) is 5.02 Å². The zero-order chi connectivity index (χ0) is 15.9. The van der Waals surface area contributed by atoms with E-state index in [1.165, 1.54) is 0 Å². The maximum absolute atomic E-state index is 12.2. The summed E-state index contributed by atoms with van der Waals surface area (Å²) in [4.78, 5) is 12.2. The molecule has 0 saturated carbocycles. The summed E-state index contributed by atoms with van der Waals surface area (Å²) in [6.07, 6.45) is 1.16. The first-order chi connectivity index (χ1) is 10.6. The molecule has 0 aromatic heterocycles. The van der Waals surface area contributed by atoms with Crippen molar-refractivity contribution in [3.63, 3.8) is 0 Å². The lowest BCUT2D eigenvalue weighted by Gasteiger charge is -2.18. The van der Waals surface area contributed by atoms with Gasteiger partial charge in [-0.2, -0.15) is 0 Å². The van der Waals surface area contributed by atoms with E-state index in [0.29, 0.717) is 11.4 Å². The number of ether oxygens (including phenoxy) is 1. The van der Waals surface area contributed by atoms with Crippen LogP contribution >= 0.6 is 11.6 Å². The van der Waals surface area contributed by atoms with Crippen LogP contribution in [-0.2, 0) is 11.2 Å². The van der Waals surface area contributed by atoms with Gasteiger partial charge in [0.25, 0.3) is 0 Å². The highest BCUT2D eigenvalue weighted by molar-refractivity contribution is 6.30. The minimum absolute atomic E-state index is 0.00278. The monoisotopic (exact) mass is 317 g/mol. The van der Waals surface area contributed by atoms with Gasteiger partial charge in [-0.15, -0.1) is 0 Å². The summed E-state index contributed by atoms with van der Waals surface area (Å²) in [6.45, 7) is 2.04. The highest BCUT2D eigenvalue weighted by Crippen LogP contribution is 2.20. The largest absolute Gasteiger partial charge is 0.497 e. The number of carbonyl (C=O) groups excluding carboxylic acids is 1. The van der Waals surface area contributed by atoms with E-state index in [1.807, 2.05) is 55.5 Å². The van der Waals surface area contributed by atoms with Gasteiger partial charge >= 0.3 is 0 Å². The minimum Gasteiger partial charge on any atom is -0.497 e. The zero-order valence-electron chi connectivity index (χ0n) is 12.8. The Morgan fingerprint density at radius 2 is 1.95 bits per heavy atom. The molecule has 0 radical (unpaired) electrons. The number of hydrogen-bond acceptors (Lipinski definition) is 2. The molecule has 4 heteroatoms. The molecule has 1 unspecified atom stereocenters. The van der Waals surface area contributed by atoms with Crippen molar-refractivity contribution in [2.45, 2.75) is 25.8 Å². The number of nitrogens with one attached hydrogen (secondary N) is 1. The number of rotatable bonds is 6. The Balaban J connectivity index is 1.99. The molecular weight excluding hydrogens is 298 g/mol. The summed E-state index contributed by atoms with van der Waals surface area (Å²) in [5.74, 6) is 0.784. The van der Waals surface area contributed by atoms with Gasteiger partial charge in [0.2, 0.25) is 5.91 Å². The second kappa shape index (κ2) is 7.85. The first-order valence-corrected chi connectivity index (χ1v) is 7.68. The topological polar surface area (TPSA) is 38.3 Å². The third-order valence-corrected chi connectivity index (χ3v) is 3.75. The van der Waals surface area contributed by atoms with Crippen LogP contribution in [0.5, 0.6) is 5.75 Å². The number of carbonyl (C=O) groups is 1. The zero-order valence-corrected chi connectivity index (χ0v) is 13.6. The number of halogens is 1. The van der Waals surface area contributed by atoms with Crippen molar-refractivity contribution < 1.29 is 9.53 Å². The fourth-order valence-corrected chi connectivity index (χ4v) is 2.52. The van der Waals surface area contributed by atoms with E-state index in [2.05, 4.69) is 5.32 Å². The van der Waals surface area contributed by atoms with Crippen molar-refractivity contribution >= 4 is 17.5 Å². The molecule has 2 aromatic carbocycles. The van der Waals surface area contributed by atoms with Gasteiger partial charge in [-0.05, 0) is 41.8 Å². The van der Waals surface area contributed by atoms with Gasteiger partial charge in [0, 0.05) is 5.02 Å². The predicted molar refractivity (Wildman–Crippen MR) is 89.3 cm³/mol. The van der Waals surface area contributed by atoms with E-state index in [4.69, 9.17) is 16.3 Å². The van der Waals surface area contributed by atoms with Gasteiger partial charge < -0.3 is 10.1 Å². The molecule has 0 saturated heterocycles. The summed E-state index contributed by atoms with van der Waals surface area (Å²) in [6, 6.07) is 15.1. The molecule has 1 N–H and O–H groups in total. The molecule has 0 fully saturated rings. The summed E-state index contributed by atoms with van der Waals surface area (Å²) in [5.41, 5.74) is 1.98. The summed E-state index contributed by atoms with van der Waals surface area (Å²) in [7, 11) is 1.62. The molecule has 1 amide bonds. The van der Waals surface area contributed by atoms with Crippen LogP contribution in [0.4, 0.5) is 0 Å². The second-order valence-electron chi connectivity index (χ2n) is 5.11. The molecule has 0 aliphatic rings. The van der Waals surface area contributed by atoms with E-state index < -0.39 is 0 Å². The van der Waals surface area contributed by atoms with Gasteiger partial charge in [0.1, 0.15) is 5.75 Å². The molecule has 0 spiro atoms. The number of methoxy groups -OCH3 is 1. The molecule has 2 rings (SSSR count). The fraction of sp³-hybridized carbons (Fsp3) is 0.278. The summed E-state index contributed by atoms with van der Waals surface area (Å²) in [5, 5.41) is 3.74. The van der Waals surface area contributed by atoms with Crippen molar-refractivity contribution in [2.24, 2.45) is 0 Å². The van der Waals surface area contributed by atoms with Crippen LogP contribution in [0.25, 0.3) is 0 Å². The van der Waals surface area contributed by atoms with Crippen LogP contribution in [0.15, 0.2) is 48.5 Å². The van der Waals surface area contributed by atoms with Crippen LogP contribution in [0.1, 0.15) is 30.5 Å². The van der Waals surface area contributed by atoms with Gasteiger partial charge in [-0.25, -0.2) is 0 Å². The number of benzene rings is 2. The molecule has 0 heterocycles. The normalized spacial score (nSPS) is 11.8. The molecule has 2 aromatic rings. The van der Waals surface area contributed by atoms with Crippen molar-refractivity contribution in [1.82, 2.24) is 5.32 Å². The Morgan fingerprint density at radius 1 is 1.23 bits per heavy atom. The van der Waals surface area contributed by atoms with Crippen LogP contribution in [0.3, 0.4) is 0 Å². The van der Waals surface area contributed by atoms with Crippen LogP contribution in [0, 0.1) is 0 Å². The van der Waals surface area contributed by atoms with E-state index >= 15 is 0 Å². The Morgan fingerprint density at radius 3 is 2.55 bits per heavy atom. The molecule has 116 valence electrons. The van der Waals surface area contributed by atoms with Gasteiger partial charge in [-0.3, -0.25) is 4.79 Å². The minimum atomic E-state index is -0.0237. The van der Waals surface area contributed by atoms with Gasteiger partial charge in [-0.1, -0.05) is 42.8 Å². The molecule has 0 bridgehead atoms. The highest BCUT2D eigenvalue weighted by Gasteiger charge is 2.13. The van der Waals surface area contributed by atoms with Crippen molar-refractivity contribution in [3.8, 4) is 5.75 Å². The lowest BCUT2D eigenvalue weighted by atomic mass is 10.0. The molecule has 3 nitrogen and oxygen atoms in total. The van der Waals surface area contributed by atoms with Crippen LogP contribution in [-0.4, -0.2) is 13.0 Å². The molecular formula is C18H20ClNO2. The number of amides is 1. The molecule has 1 atom stereocenters. The van der Waals surface area contributed by atoms with E-state index in [0.717, 1.165) is 23.3 Å². The molecule has 0 aliphatic carbocycles. The van der Waals surface area contributed by atoms with E-state index in [9.17, 15) is 4.79 Å². The quantitative estimate of drug-likeness (QED) is 0.868. The average Bonchev–Trinajstić information content (AvgIpc) is 2.53. The number of hydrogen-bond donors (Lipinski definition) is 1. The lowest BCUT2D eigenvalue weighted by Crippen LogP contribution is -2.29. The van der Waals surface area contributed by atoms with E-state index in [-0.39, 0.29) is 11.9 Å². The lowest BCUT2D eigenvalue weighted by molar-refractivity contribution is -0.121. The second-order valence-corrected chi connectivity index (χ2v) is 5.54. The summed E-state index contributed by atoms with van der Waals surface area (Å²) >= 11 is 6.02. The standard InChI is InChI=1S/C18H20ClNO2/c1-3-17(14-5-4-6-15(19)12-14)20-18(21)11-13-7-9-16(22-2)10-8-13/h4-10,12,17H,3,11H2,1-2H3,(H,20,21). The Hall–Kier alpha value is -2.00. The maximum Gasteiger partial charge on any atom is 0.224 e. The van der Waals surface area contributed by atoms with Crippen molar-refractivity contribution in [3.05, 3.63) is 64.7 Å². The third kappa shape index (κ3) is 4.50. The predicted octanol–water partition coefficient (Wildman–Crippen LogP) is 4.16. The fourth-order valence-electron chi connectivity index (χ4n) is 2.32.